The quantitative estimate of drug-likeness (QED) is 0.747. The molecule has 7 heteroatoms. The SMILES string of the molecule is COc1ccc(Cn2c(=O)c(C(=O)O)c(O)c3cc(Cl)ccc32)cc1. The zero-order valence-electron chi connectivity index (χ0n) is 13.2. The van der Waals surface area contributed by atoms with Gasteiger partial charge in [-0.3, -0.25) is 4.79 Å². The molecule has 6 nitrogen and oxygen atoms in total. The third kappa shape index (κ3) is 3.04. The van der Waals surface area contributed by atoms with E-state index in [1.54, 1.807) is 43.5 Å². The number of carbonyl (C=O) groups is 1. The van der Waals surface area contributed by atoms with E-state index in [1.165, 1.54) is 10.6 Å². The van der Waals surface area contributed by atoms with E-state index in [4.69, 9.17) is 16.3 Å². The number of benzene rings is 2. The number of methoxy groups -OCH3 is 1. The number of nitrogens with zero attached hydrogens (tertiary/aromatic N) is 1. The zero-order valence-corrected chi connectivity index (χ0v) is 13.9. The second-order valence-electron chi connectivity index (χ2n) is 5.43. The molecule has 2 aromatic carbocycles. The van der Waals surface area contributed by atoms with E-state index in [-0.39, 0.29) is 11.9 Å². The molecule has 0 spiro atoms. The van der Waals surface area contributed by atoms with Crippen molar-refractivity contribution in [2.75, 3.05) is 7.11 Å². The fraction of sp³-hybridized carbons (Fsp3) is 0.111. The van der Waals surface area contributed by atoms with Gasteiger partial charge in [0, 0.05) is 10.4 Å². The van der Waals surface area contributed by atoms with Crippen molar-refractivity contribution in [2.24, 2.45) is 0 Å². The number of rotatable bonds is 4. The minimum absolute atomic E-state index is 0.140. The Bertz CT molecular complexity index is 1020. The van der Waals surface area contributed by atoms with Crippen LogP contribution in [0.5, 0.6) is 11.5 Å². The lowest BCUT2D eigenvalue weighted by atomic mass is 10.1. The predicted octanol–water partition coefficient (Wildman–Crippen LogP) is 3.12. The molecule has 0 saturated heterocycles. The Labute approximate surface area is 147 Å². The lowest BCUT2D eigenvalue weighted by molar-refractivity contribution is 0.0691. The van der Waals surface area contributed by atoms with Crippen molar-refractivity contribution < 1.29 is 19.7 Å². The van der Waals surface area contributed by atoms with Crippen LogP contribution in [-0.2, 0) is 6.54 Å². The lowest BCUT2D eigenvalue weighted by Gasteiger charge is -2.14. The summed E-state index contributed by atoms with van der Waals surface area (Å²) in [5.41, 5.74) is -0.284. The summed E-state index contributed by atoms with van der Waals surface area (Å²) in [6, 6.07) is 11.6. The maximum atomic E-state index is 12.6. The van der Waals surface area contributed by atoms with Gasteiger partial charge in [0.15, 0.2) is 5.56 Å². The van der Waals surface area contributed by atoms with Crippen molar-refractivity contribution in [1.29, 1.82) is 0 Å². The number of fused-ring (bicyclic) bond motifs is 1. The van der Waals surface area contributed by atoms with Crippen LogP contribution in [0.1, 0.15) is 15.9 Å². The first-order valence-corrected chi connectivity index (χ1v) is 7.71. The van der Waals surface area contributed by atoms with Gasteiger partial charge in [0.2, 0.25) is 0 Å². The molecule has 1 heterocycles. The Morgan fingerprint density at radius 2 is 1.88 bits per heavy atom. The Morgan fingerprint density at radius 3 is 2.48 bits per heavy atom. The lowest BCUT2D eigenvalue weighted by Crippen LogP contribution is -2.27. The largest absolute Gasteiger partial charge is 0.506 e. The van der Waals surface area contributed by atoms with Crippen LogP contribution in [0.25, 0.3) is 10.9 Å². The van der Waals surface area contributed by atoms with Gasteiger partial charge in [-0.2, -0.15) is 0 Å². The maximum Gasteiger partial charge on any atom is 0.345 e. The van der Waals surface area contributed by atoms with Crippen LogP contribution in [0.4, 0.5) is 0 Å². The number of hydrogen-bond acceptors (Lipinski definition) is 4. The van der Waals surface area contributed by atoms with Gasteiger partial charge in [-0.15, -0.1) is 0 Å². The standard InChI is InChI=1S/C18H14ClNO5/c1-25-12-5-2-10(3-6-12)9-20-14-7-4-11(19)8-13(14)16(21)15(17(20)22)18(23)24/h2-8,21H,9H2,1H3,(H,23,24). The number of aromatic hydroxyl groups is 1. The van der Waals surface area contributed by atoms with Crippen molar-refractivity contribution >= 4 is 28.5 Å². The number of hydrogen-bond donors (Lipinski definition) is 2. The van der Waals surface area contributed by atoms with Crippen molar-refractivity contribution in [3.63, 3.8) is 0 Å². The Balaban J connectivity index is 2.25. The molecule has 0 fully saturated rings. The van der Waals surface area contributed by atoms with Crippen LogP contribution in [0.15, 0.2) is 47.3 Å². The fourth-order valence-electron chi connectivity index (χ4n) is 2.68. The zero-order chi connectivity index (χ0) is 18.1. The van der Waals surface area contributed by atoms with Crippen molar-refractivity contribution in [1.82, 2.24) is 4.57 Å². The molecule has 0 bridgehead atoms. The highest BCUT2D eigenvalue weighted by atomic mass is 35.5. The van der Waals surface area contributed by atoms with Crippen LogP contribution in [0.2, 0.25) is 5.02 Å². The minimum Gasteiger partial charge on any atom is -0.506 e. The highest BCUT2D eigenvalue weighted by Gasteiger charge is 2.22. The summed E-state index contributed by atoms with van der Waals surface area (Å²) in [6.45, 7) is 0.140. The third-order valence-electron chi connectivity index (χ3n) is 3.91. The van der Waals surface area contributed by atoms with E-state index in [9.17, 15) is 19.8 Å². The van der Waals surface area contributed by atoms with Crippen LogP contribution in [0, 0.1) is 0 Å². The highest BCUT2D eigenvalue weighted by Crippen LogP contribution is 2.29. The summed E-state index contributed by atoms with van der Waals surface area (Å²) in [6.07, 6.45) is 0. The molecule has 0 aliphatic heterocycles. The van der Waals surface area contributed by atoms with E-state index in [2.05, 4.69) is 0 Å². The van der Waals surface area contributed by atoms with Gasteiger partial charge in [-0.1, -0.05) is 23.7 Å². The Hall–Kier alpha value is -2.99. The maximum absolute atomic E-state index is 12.6. The molecule has 2 N–H and O–H groups in total. The van der Waals surface area contributed by atoms with Crippen LogP contribution in [0.3, 0.4) is 0 Å². The number of aromatic nitrogens is 1. The van der Waals surface area contributed by atoms with E-state index < -0.39 is 22.8 Å². The molecule has 1 aromatic heterocycles. The predicted molar refractivity (Wildman–Crippen MR) is 93.9 cm³/mol. The van der Waals surface area contributed by atoms with Crippen molar-refractivity contribution in [3.8, 4) is 11.5 Å². The topological polar surface area (TPSA) is 88.8 Å². The monoisotopic (exact) mass is 359 g/mol. The Morgan fingerprint density at radius 1 is 1.20 bits per heavy atom. The summed E-state index contributed by atoms with van der Waals surface area (Å²) in [4.78, 5) is 24.1. The molecule has 128 valence electrons. The summed E-state index contributed by atoms with van der Waals surface area (Å²) < 4.78 is 6.40. The molecular weight excluding hydrogens is 346 g/mol. The molecule has 3 aromatic rings. The smallest absolute Gasteiger partial charge is 0.345 e. The molecule has 25 heavy (non-hydrogen) atoms. The molecule has 0 unspecified atom stereocenters. The number of ether oxygens (including phenoxy) is 1. The third-order valence-corrected chi connectivity index (χ3v) is 4.15. The Kier molecular flexibility index (Phi) is 4.37. The van der Waals surface area contributed by atoms with Crippen molar-refractivity contribution in [2.45, 2.75) is 6.54 Å². The van der Waals surface area contributed by atoms with Crippen LogP contribution >= 0.6 is 11.6 Å². The van der Waals surface area contributed by atoms with Gasteiger partial charge in [-0.25, -0.2) is 4.79 Å². The second kappa shape index (κ2) is 6.49. The minimum atomic E-state index is -1.49. The average molecular weight is 360 g/mol. The number of pyridine rings is 1. The first-order valence-electron chi connectivity index (χ1n) is 7.33. The molecular formula is C18H14ClNO5. The van der Waals surface area contributed by atoms with Crippen molar-refractivity contribution in [3.05, 3.63) is 69.0 Å². The molecule has 3 rings (SSSR count). The molecule has 0 aliphatic carbocycles. The summed E-state index contributed by atoms with van der Waals surface area (Å²) in [5, 5.41) is 20.1. The first-order chi connectivity index (χ1) is 11.9. The van der Waals surface area contributed by atoms with E-state index in [0.717, 1.165) is 5.56 Å². The molecule has 0 radical (unpaired) electrons. The fourth-order valence-corrected chi connectivity index (χ4v) is 2.85. The summed E-state index contributed by atoms with van der Waals surface area (Å²) in [7, 11) is 1.55. The number of halogens is 1. The van der Waals surface area contributed by atoms with Gasteiger partial charge in [0.25, 0.3) is 5.56 Å². The number of carboxylic acid groups (broad SMARTS) is 1. The number of aromatic carboxylic acids is 1. The van der Waals surface area contributed by atoms with E-state index in [0.29, 0.717) is 16.3 Å². The van der Waals surface area contributed by atoms with Crippen LogP contribution < -0.4 is 10.3 Å². The number of carboxylic acids is 1. The summed E-state index contributed by atoms with van der Waals surface area (Å²) in [5.74, 6) is -1.40. The van der Waals surface area contributed by atoms with Gasteiger partial charge in [0.1, 0.15) is 11.5 Å². The molecule has 0 aliphatic rings. The highest BCUT2D eigenvalue weighted by molar-refractivity contribution is 6.31. The van der Waals surface area contributed by atoms with E-state index in [1.807, 2.05) is 0 Å². The van der Waals surface area contributed by atoms with Gasteiger partial charge >= 0.3 is 5.97 Å². The second-order valence-corrected chi connectivity index (χ2v) is 5.87. The average Bonchev–Trinajstić information content (AvgIpc) is 2.59. The first kappa shape index (κ1) is 16.9. The normalized spacial score (nSPS) is 10.8. The van der Waals surface area contributed by atoms with Gasteiger partial charge < -0.3 is 19.5 Å². The van der Waals surface area contributed by atoms with Gasteiger partial charge in [-0.05, 0) is 35.9 Å². The van der Waals surface area contributed by atoms with E-state index >= 15 is 0 Å². The molecule has 0 amide bonds. The van der Waals surface area contributed by atoms with Crippen LogP contribution in [-0.4, -0.2) is 27.9 Å². The molecule has 0 saturated carbocycles. The molecule has 0 atom stereocenters. The summed E-state index contributed by atoms with van der Waals surface area (Å²) >= 11 is 5.95. The van der Waals surface area contributed by atoms with Gasteiger partial charge in [0.05, 0.1) is 19.2 Å².